The number of benzene rings is 3. The molecule has 0 N–H and O–H groups in total. The molecular weight excluding hydrogens is 283 g/mol. The van der Waals surface area contributed by atoms with Crippen LogP contribution >= 0.6 is 20.8 Å². The Hall–Kier alpha value is -1.62. The smallest absolute Gasteiger partial charge is 0.0491 e. The third-order valence-corrected chi connectivity index (χ3v) is 4.11. The van der Waals surface area contributed by atoms with Gasteiger partial charge in [0.15, 0.2) is 0 Å². The Kier molecular flexibility index (Phi) is 3.87. The Morgan fingerprint density at radius 2 is 1.10 bits per heavy atom. The van der Waals surface area contributed by atoms with Gasteiger partial charge in [-0.05, 0) is 28.1 Å². The molecule has 0 radical (unpaired) electrons. The summed E-state index contributed by atoms with van der Waals surface area (Å²) in [7, 11) is 2.81. The molecule has 0 aliphatic carbocycles. The summed E-state index contributed by atoms with van der Waals surface area (Å²) in [4.78, 5) is 0. The zero-order valence-electron chi connectivity index (χ0n) is 10.9. The van der Waals surface area contributed by atoms with Crippen LogP contribution in [-0.4, -0.2) is 0 Å². The van der Waals surface area contributed by atoms with Crippen molar-refractivity contribution in [1.29, 1.82) is 0 Å². The molecule has 0 aliphatic heterocycles. The predicted molar refractivity (Wildman–Crippen MR) is 91.7 cm³/mol. The number of rotatable bonds is 2. The molecule has 1 atom stereocenters. The van der Waals surface area contributed by atoms with Gasteiger partial charge in [-0.1, -0.05) is 78.3 Å². The first-order valence-electron chi connectivity index (χ1n) is 6.46. The molecule has 0 saturated carbocycles. The van der Waals surface area contributed by atoms with Crippen molar-refractivity contribution in [2.24, 2.45) is 0 Å². The molecule has 0 aliphatic rings. The lowest BCUT2D eigenvalue weighted by molar-refractivity contribution is 1.60. The number of halogens is 1. The zero-order chi connectivity index (χ0) is 13.9. The van der Waals surface area contributed by atoms with Crippen LogP contribution in [0.2, 0.25) is 5.02 Å². The van der Waals surface area contributed by atoms with E-state index in [9.17, 15) is 0 Å². The van der Waals surface area contributed by atoms with Crippen molar-refractivity contribution in [2.75, 3.05) is 0 Å². The van der Waals surface area contributed by atoms with Crippen LogP contribution in [0.25, 0.3) is 22.3 Å². The lowest BCUT2D eigenvalue weighted by Crippen LogP contribution is -2.00. The second kappa shape index (κ2) is 5.79. The molecule has 3 aromatic carbocycles. The van der Waals surface area contributed by atoms with E-state index in [0.717, 1.165) is 21.5 Å². The molecule has 20 heavy (non-hydrogen) atoms. The highest BCUT2D eigenvalue weighted by atomic mass is 35.5. The van der Waals surface area contributed by atoms with Crippen LogP contribution in [0.1, 0.15) is 0 Å². The molecule has 0 heterocycles. The van der Waals surface area contributed by atoms with Crippen LogP contribution < -0.4 is 5.30 Å². The summed E-state index contributed by atoms with van der Waals surface area (Å²) in [5.74, 6) is 0. The monoisotopic (exact) mass is 296 g/mol. The van der Waals surface area contributed by atoms with E-state index in [4.69, 9.17) is 11.6 Å². The van der Waals surface area contributed by atoms with Crippen LogP contribution in [0, 0.1) is 0 Å². The summed E-state index contributed by atoms with van der Waals surface area (Å²) in [6.45, 7) is 0. The number of hydrogen-bond acceptors (Lipinski definition) is 0. The average molecular weight is 297 g/mol. The van der Waals surface area contributed by atoms with Gasteiger partial charge in [-0.2, -0.15) is 0 Å². The van der Waals surface area contributed by atoms with Gasteiger partial charge in [0.2, 0.25) is 0 Å². The average Bonchev–Trinajstić information content (AvgIpc) is 2.51. The van der Waals surface area contributed by atoms with Gasteiger partial charge in [-0.15, -0.1) is 9.24 Å². The molecule has 0 spiro atoms. The van der Waals surface area contributed by atoms with Gasteiger partial charge in [-0.25, -0.2) is 0 Å². The molecule has 0 amide bonds. The lowest BCUT2D eigenvalue weighted by atomic mass is 9.94. The van der Waals surface area contributed by atoms with E-state index >= 15 is 0 Å². The quantitative estimate of drug-likeness (QED) is 0.572. The summed E-state index contributed by atoms with van der Waals surface area (Å²) in [6, 6.07) is 24.6. The van der Waals surface area contributed by atoms with Gasteiger partial charge in [-0.3, -0.25) is 0 Å². The lowest BCUT2D eigenvalue weighted by Gasteiger charge is -2.15. The molecule has 0 fully saturated rings. The Balaban J connectivity index is 2.32. The SMILES string of the molecule is Pc1ccc(Cl)c(-c2ccccc2)c1-c1ccccc1. The molecule has 0 aromatic heterocycles. The van der Waals surface area contributed by atoms with E-state index in [1.54, 1.807) is 0 Å². The standard InChI is InChI=1S/C18H14ClP/c19-15-11-12-16(20)18(14-9-5-2-6-10-14)17(15)13-7-3-1-4-8-13/h1-12H,20H2. The Labute approximate surface area is 126 Å². The van der Waals surface area contributed by atoms with Crippen molar-refractivity contribution < 1.29 is 0 Å². The van der Waals surface area contributed by atoms with Gasteiger partial charge < -0.3 is 0 Å². The fourth-order valence-corrected chi connectivity index (χ4v) is 3.07. The van der Waals surface area contributed by atoms with Crippen molar-refractivity contribution in [3.05, 3.63) is 77.8 Å². The minimum atomic E-state index is 0.779. The molecule has 0 saturated heterocycles. The van der Waals surface area contributed by atoms with Crippen LogP contribution in [0.3, 0.4) is 0 Å². The minimum absolute atomic E-state index is 0.779. The van der Waals surface area contributed by atoms with Gasteiger partial charge in [0.25, 0.3) is 0 Å². The highest BCUT2D eigenvalue weighted by Crippen LogP contribution is 2.37. The fourth-order valence-electron chi connectivity index (χ4n) is 2.40. The zero-order valence-corrected chi connectivity index (χ0v) is 12.8. The summed E-state index contributed by atoms with van der Waals surface area (Å²) in [6.07, 6.45) is 0. The Morgan fingerprint density at radius 1 is 0.600 bits per heavy atom. The van der Waals surface area contributed by atoms with E-state index in [2.05, 4.69) is 45.6 Å². The molecule has 0 nitrogen and oxygen atoms in total. The molecule has 98 valence electrons. The van der Waals surface area contributed by atoms with Crippen LogP contribution in [0.5, 0.6) is 0 Å². The maximum absolute atomic E-state index is 6.48. The first-order chi connectivity index (χ1) is 9.77. The van der Waals surface area contributed by atoms with Gasteiger partial charge in [0.1, 0.15) is 0 Å². The molecular formula is C18H14ClP. The summed E-state index contributed by atoms with van der Waals surface area (Å²) >= 11 is 6.48. The Morgan fingerprint density at radius 3 is 1.65 bits per heavy atom. The van der Waals surface area contributed by atoms with Gasteiger partial charge >= 0.3 is 0 Å². The normalized spacial score (nSPS) is 10.5. The summed E-state index contributed by atoms with van der Waals surface area (Å²) < 4.78 is 0. The highest BCUT2D eigenvalue weighted by Gasteiger charge is 2.13. The highest BCUT2D eigenvalue weighted by molar-refractivity contribution is 7.28. The predicted octanol–water partition coefficient (Wildman–Crippen LogP) is 5.17. The van der Waals surface area contributed by atoms with E-state index in [1.807, 2.05) is 36.4 Å². The van der Waals surface area contributed by atoms with Gasteiger partial charge in [0.05, 0.1) is 0 Å². The maximum Gasteiger partial charge on any atom is 0.0491 e. The molecule has 2 heteroatoms. The van der Waals surface area contributed by atoms with E-state index in [-0.39, 0.29) is 0 Å². The van der Waals surface area contributed by atoms with Crippen LogP contribution in [-0.2, 0) is 0 Å². The molecule has 1 unspecified atom stereocenters. The topological polar surface area (TPSA) is 0 Å². The third kappa shape index (κ3) is 2.50. The molecule has 3 rings (SSSR count). The van der Waals surface area contributed by atoms with E-state index < -0.39 is 0 Å². The van der Waals surface area contributed by atoms with Crippen molar-refractivity contribution in [3.8, 4) is 22.3 Å². The van der Waals surface area contributed by atoms with Gasteiger partial charge in [0, 0.05) is 10.6 Å². The second-order valence-electron chi connectivity index (χ2n) is 4.62. The molecule has 0 bridgehead atoms. The fraction of sp³-hybridized carbons (Fsp3) is 0. The first-order valence-corrected chi connectivity index (χ1v) is 7.42. The van der Waals surface area contributed by atoms with Crippen molar-refractivity contribution in [2.45, 2.75) is 0 Å². The van der Waals surface area contributed by atoms with E-state index in [1.165, 1.54) is 11.1 Å². The van der Waals surface area contributed by atoms with Crippen LogP contribution in [0.4, 0.5) is 0 Å². The third-order valence-electron chi connectivity index (χ3n) is 3.31. The maximum atomic E-state index is 6.48. The first kappa shape index (κ1) is 13.4. The second-order valence-corrected chi connectivity index (χ2v) is 5.65. The summed E-state index contributed by atoms with van der Waals surface area (Å²) in [5, 5.41) is 1.93. The van der Waals surface area contributed by atoms with Crippen molar-refractivity contribution in [1.82, 2.24) is 0 Å². The minimum Gasteiger partial charge on any atom is -0.105 e. The number of hydrogen-bond donors (Lipinski definition) is 0. The van der Waals surface area contributed by atoms with Crippen molar-refractivity contribution in [3.63, 3.8) is 0 Å². The largest absolute Gasteiger partial charge is 0.105 e. The Bertz CT molecular complexity index is 657. The molecule has 3 aromatic rings. The summed E-state index contributed by atoms with van der Waals surface area (Å²) in [5.41, 5.74) is 4.58. The van der Waals surface area contributed by atoms with Crippen LogP contribution in [0.15, 0.2) is 72.8 Å². The van der Waals surface area contributed by atoms with Crippen molar-refractivity contribution >= 4 is 26.1 Å². The van der Waals surface area contributed by atoms with E-state index in [0.29, 0.717) is 0 Å².